The smallest absolute Gasteiger partial charge is 0.162 e. The molecule has 15 nitrogen and oxygen atoms in total. The third kappa shape index (κ3) is 15.0. The summed E-state index contributed by atoms with van der Waals surface area (Å²) in [7, 11) is 0. The Morgan fingerprint density at radius 3 is 1.46 bits per heavy atom. The highest BCUT2D eigenvalue weighted by molar-refractivity contribution is 7.23. The number of benzene rings is 3. The van der Waals surface area contributed by atoms with E-state index in [2.05, 4.69) is 29.9 Å². The van der Waals surface area contributed by atoms with Gasteiger partial charge in [0.05, 0.1) is 60.2 Å². The molecule has 9 heterocycles. The number of nitrogens with one attached hydrogen (secondary N) is 3. The average molecular weight is 1260 g/mol. The van der Waals surface area contributed by atoms with E-state index in [0.717, 1.165) is 57.1 Å². The number of thiophene rings is 3. The van der Waals surface area contributed by atoms with Gasteiger partial charge in [0, 0.05) is 99.9 Å². The van der Waals surface area contributed by atoms with Crippen molar-refractivity contribution in [3.8, 4) is 18.2 Å². The Morgan fingerprint density at radius 2 is 0.988 bits per heavy atom. The van der Waals surface area contributed by atoms with E-state index in [1.165, 1.54) is 38.1 Å². The Hall–Kier alpha value is -6.74. The van der Waals surface area contributed by atoms with Gasteiger partial charge in [-0.1, -0.05) is 59.1 Å². The van der Waals surface area contributed by atoms with E-state index in [1.54, 1.807) is 19.1 Å². The van der Waals surface area contributed by atoms with Crippen LogP contribution in [0.1, 0.15) is 124 Å². The van der Waals surface area contributed by atoms with E-state index in [0.29, 0.717) is 26.0 Å². The van der Waals surface area contributed by atoms with Crippen LogP contribution >= 0.6 is 68.8 Å². The van der Waals surface area contributed by atoms with Crippen molar-refractivity contribution in [1.82, 2.24) is 44.6 Å². The number of halogens is 5. The molecule has 3 aliphatic heterocycles. The predicted molar refractivity (Wildman–Crippen MR) is 331 cm³/mol. The van der Waals surface area contributed by atoms with Gasteiger partial charge in [-0.2, -0.15) is 15.8 Å². The molecule has 1 atom stereocenters. The maximum absolute atomic E-state index is 14.2. The maximum atomic E-state index is 14.2. The summed E-state index contributed by atoms with van der Waals surface area (Å²) in [6.45, 7) is -15.4. The van der Waals surface area contributed by atoms with Crippen LogP contribution in [-0.2, 0) is 19.5 Å². The summed E-state index contributed by atoms with van der Waals surface area (Å²) < 4.78 is 276. The third-order valence-corrected chi connectivity index (χ3v) is 15.1. The van der Waals surface area contributed by atoms with Crippen LogP contribution in [0, 0.1) is 66.4 Å². The number of rotatable bonds is 12. The molecular formula is C60H58Cl3F2N15S3. The predicted octanol–water partition coefficient (Wildman–Crippen LogP) is 14.1. The van der Waals surface area contributed by atoms with Crippen LogP contribution in [0.4, 0.5) is 26.2 Å². The number of fused-ring (bicyclic) bond motifs is 3. The van der Waals surface area contributed by atoms with Crippen molar-refractivity contribution in [2.45, 2.75) is 96.8 Å². The van der Waals surface area contributed by atoms with Crippen LogP contribution in [0.25, 0.3) is 30.6 Å². The second-order valence-corrected chi connectivity index (χ2v) is 22.4. The Labute approximate surface area is 548 Å². The van der Waals surface area contributed by atoms with Gasteiger partial charge in [-0.05, 0) is 129 Å². The fourth-order valence-corrected chi connectivity index (χ4v) is 10.7. The summed E-state index contributed by atoms with van der Waals surface area (Å²) in [4.78, 5) is 25.2. The van der Waals surface area contributed by atoms with Crippen molar-refractivity contribution < 1.29 is 48.7 Å². The molecule has 3 fully saturated rings. The minimum atomic E-state index is -3.04. The van der Waals surface area contributed by atoms with E-state index in [9.17, 15) is 24.6 Å². The monoisotopic (exact) mass is 1260 g/mol. The van der Waals surface area contributed by atoms with Gasteiger partial charge in [0.15, 0.2) is 4.24 Å². The zero-order valence-corrected chi connectivity index (χ0v) is 47.9. The van der Waals surface area contributed by atoms with E-state index >= 15 is 0 Å². The first-order valence-electron chi connectivity index (χ1n) is 38.6. The molecule has 83 heavy (non-hydrogen) atoms. The van der Waals surface area contributed by atoms with Crippen molar-refractivity contribution in [2.75, 3.05) is 55.0 Å². The van der Waals surface area contributed by atoms with E-state index in [-0.39, 0.29) is 118 Å². The molecule has 3 aliphatic rings. The molecule has 12 rings (SSSR count). The summed E-state index contributed by atoms with van der Waals surface area (Å²) in [5.74, 6) is -2.89. The number of nitriles is 3. The number of piperidine rings is 3. The highest BCUT2D eigenvalue weighted by atomic mass is 35.5. The molecule has 0 bridgehead atoms. The van der Waals surface area contributed by atoms with Crippen LogP contribution in [0.3, 0.4) is 0 Å². The van der Waals surface area contributed by atoms with Gasteiger partial charge in [-0.15, -0.1) is 34.0 Å². The van der Waals surface area contributed by atoms with E-state index in [4.69, 9.17) is 74.7 Å². The van der Waals surface area contributed by atoms with Crippen LogP contribution in [0.5, 0.6) is 0 Å². The maximum Gasteiger partial charge on any atom is 0.162 e. The molecule has 0 saturated carbocycles. The molecule has 3 N–H and O–H groups in total. The average Bonchev–Trinajstić information content (AvgIpc) is 0.870. The summed E-state index contributed by atoms with van der Waals surface area (Å²) in [6.07, 6.45) is -10.8. The van der Waals surface area contributed by atoms with E-state index < -0.39 is 157 Å². The summed E-state index contributed by atoms with van der Waals surface area (Å²) >= 11 is 20.7. The van der Waals surface area contributed by atoms with Gasteiger partial charge in [-0.25, -0.2) is 38.7 Å². The van der Waals surface area contributed by atoms with Crippen molar-refractivity contribution in [2.24, 2.45) is 0 Å². The number of hydrogen-bond donors (Lipinski definition) is 3. The zero-order chi connectivity index (χ0) is 84.0. The Kier molecular flexibility index (Phi) is 10.9. The molecule has 0 aliphatic carbocycles. The zero-order valence-electron chi connectivity index (χ0n) is 72.2. The molecule has 9 aromatic rings. The molecule has 3 saturated heterocycles. The van der Waals surface area contributed by atoms with Crippen LogP contribution in [0.15, 0.2) is 79.5 Å². The van der Waals surface area contributed by atoms with Gasteiger partial charge < -0.3 is 15.9 Å². The minimum Gasteiger partial charge on any atom is -0.367 e. The van der Waals surface area contributed by atoms with Gasteiger partial charge in [0.1, 0.15) is 78.7 Å². The number of aryl methyl sites for hydroxylation is 3. The Balaban J connectivity index is 0.000000178. The first-order chi connectivity index (χ1) is 51.3. The number of nitrogens with zero attached hydrogens (tertiary/aromatic N) is 12. The number of likely N-dealkylation sites (tertiary alicyclic amines) is 3. The second-order valence-electron chi connectivity index (χ2n) is 17.6. The highest BCUT2D eigenvalue weighted by Gasteiger charge is 2.25. The summed E-state index contributed by atoms with van der Waals surface area (Å²) in [5, 5.41) is 28.7. The molecule has 0 amide bonds. The largest absolute Gasteiger partial charge is 0.367 e. The fraction of sp³-hybridized carbons (Fsp3) is 0.350. The van der Waals surface area contributed by atoms with Gasteiger partial charge in [0.2, 0.25) is 0 Å². The minimum absolute atomic E-state index is 0.00784. The molecule has 0 spiro atoms. The van der Waals surface area contributed by atoms with Gasteiger partial charge >= 0.3 is 0 Å². The Bertz CT molecular complexity index is 5360. The Morgan fingerprint density at radius 1 is 0.578 bits per heavy atom. The first-order valence-corrected chi connectivity index (χ1v) is 27.8. The lowest BCUT2D eigenvalue weighted by Gasteiger charge is -2.32. The lowest BCUT2D eigenvalue weighted by atomic mass is 10.0. The van der Waals surface area contributed by atoms with Gasteiger partial charge in [0.25, 0.3) is 0 Å². The van der Waals surface area contributed by atoms with Crippen LogP contribution in [0.2, 0.25) is 17.2 Å². The SMILES string of the molecule is [2H]c1nc(N([2H])C2([2H])C([2H])([2H])CN(C([2H])([2H])c3cc(C)c(F)c(C#N)c3)CC2([2H])[2H])c2c([2H])c(Cl)sc2n1.[2H]c1nc(N([2H])C2([2H])CC([2H])([2H])N(C([2H])([2H])c3ccc(C)c(C#N)c3)C([2H])([2H])C2)c2c([2H])c(Cl)sc2n1.[2H]c1nc(N([2H])C2([2H])CC([2H])([2H])N(C([2H])c3cc(C)c(F)c(C#N)c3)C([2H])([2H])C2)c2c([2H])c(Cl)sc2n1. The quantitative estimate of drug-likeness (QED) is 0.104. The van der Waals surface area contributed by atoms with Crippen molar-refractivity contribution >= 4 is 117 Å². The number of hydrogen-bond acceptors (Lipinski definition) is 18. The van der Waals surface area contributed by atoms with Crippen LogP contribution in [-0.4, -0.2) is 102 Å². The summed E-state index contributed by atoms with van der Waals surface area (Å²) in [5.41, 5.74) is -0.398. The van der Waals surface area contributed by atoms with E-state index in [1.807, 2.05) is 6.07 Å². The summed E-state index contributed by atoms with van der Waals surface area (Å²) in [6, 6.07) is 5.31. The molecule has 6 aromatic heterocycles. The molecule has 23 heteroatoms. The normalized spacial score (nSPS) is 26.3. The molecule has 1 unspecified atom stereocenters. The standard InChI is InChI=1S/2C20H19ClFN5S.C20H20ClN5S/c2*1-12-6-13(7-14(9-23)18(12)22)10-27-4-2-15(3-5-27)26-19-16-8-17(21)28-20(16)25-11-24-19;1-13-2-3-14(8-15(13)10-22)11-26-6-4-16(5-7-26)25-19-17-9-18(21)27-20(17)24-12-23-19/h2*6-8,11,15H,2-5,10H2,1H3,(H,24,25,26);2-3,8-9,12,16H,4-7,11H2,1H3,(H,23,24,25)/i4D2,5D2,8D,10D,11D,15D;2D2,3D2,8D,10D2,11D,15D;6D2,7D2,9D,11D2,12D,16D/hD3. The van der Waals surface area contributed by atoms with Crippen LogP contribution < -0.4 is 15.9 Å². The van der Waals surface area contributed by atoms with Gasteiger partial charge in [-0.3, -0.25) is 14.7 Å². The molecule has 0 radical (unpaired) electrons. The number of aromatic nitrogens is 6. The number of anilines is 3. The lowest BCUT2D eigenvalue weighted by Crippen LogP contribution is -2.38. The second kappa shape index (κ2) is 27.3. The third-order valence-electron chi connectivity index (χ3n) is 11.8. The molecular weight excluding hydrogens is 1170 g/mol. The van der Waals surface area contributed by atoms with Crippen molar-refractivity contribution in [1.29, 1.82) is 15.8 Å². The molecule has 3 aromatic carbocycles. The topological polar surface area (TPSA) is 195 Å². The highest BCUT2D eigenvalue weighted by Crippen LogP contribution is 2.35. The lowest BCUT2D eigenvalue weighted by molar-refractivity contribution is 0.211. The molecule has 426 valence electrons. The fourth-order valence-electron chi connectivity index (χ4n) is 7.82. The van der Waals surface area contributed by atoms with Crippen molar-refractivity contribution in [3.63, 3.8) is 0 Å². The first kappa shape index (κ1) is 33.1. The van der Waals surface area contributed by atoms with Crippen molar-refractivity contribution in [3.05, 3.63) is 154 Å².